The molecular formula is C15H16Br2N2O. The Morgan fingerprint density at radius 2 is 2.00 bits per heavy atom. The van der Waals surface area contributed by atoms with Gasteiger partial charge in [0.05, 0.1) is 17.3 Å². The summed E-state index contributed by atoms with van der Waals surface area (Å²) in [6.45, 7) is 3.45. The molecule has 1 aromatic heterocycles. The smallest absolute Gasteiger partial charge is 0.137 e. The normalized spacial score (nSPS) is 10.6. The Labute approximate surface area is 136 Å². The molecule has 5 heteroatoms. The summed E-state index contributed by atoms with van der Waals surface area (Å²) in [5.41, 5.74) is 3.17. The zero-order chi connectivity index (χ0) is 14.5. The van der Waals surface area contributed by atoms with E-state index in [0.717, 1.165) is 44.7 Å². The summed E-state index contributed by atoms with van der Waals surface area (Å²) < 4.78 is 7.40. The topological polar surface area (TPSA) is 34.1 Å². The molecule has 2 aromatic rings. The van der Waals surface area contributed by atoms with Crippen LogP contribution in [0.3, 0.4) is 0 Å². The van der Waals surface area contributed by atoms with Crippen LogP contribution in [-0.2, 0) is 13.1 Å². The average Bonchev–Trinajstić information content (AvgIpc) is 2.38. The van der Waals surface area contributed by atoms with Gasteiger partial charge in [0.2, 0.25) is 0 Å². The maximum Gasteiger partial charge on any atom is 0.137 e. The number of ether oxygens (including phenoxy) is 1. The van der Waals surface area contributed by atoms with Gasteiger partial charge in [0.1, 0.15) is 5.75 Å². The van der Waals surface area contributed by atoms with Crippen molar-refractivity contribution >= 4 is 31.9 Å². The van der Waals surface area contributed by atoms with E-state index in [2.05, 4.69) is 48.2 Å². The largest absolute Gasteiger partial charge is 0.495 e. The SMILES string of the molecule is COc1c(Br)cc(Br)cc1CNCc1cccc(C)n1. The second kappa shape index (κ2) is 7.20. The van der Waals surface area contributed by atoms with Crippen molar-refractivity contribution < 1.29 is 4.74 Å². The van der Waals surface area contributed by atoms with Gasteiger partial charge in [-0.05, 0) is 47.1 Å². The van der Waals surface area contributed by atoms with Gasteiger partial charge in [-0.1, -0.05) is 22.0 Å². The van der Waals surface area contributed by atoms with Gasteiger partial charge >= 0.3 is 0 Å². The zero-order valence-electron chi connectivity index (χ0n) is 11.4. The van der Waals surface area contributed by atoms with Crippen LogP contribution < -0.4 is 10.1 Å². The lowest BCUT2D eigenvalue weighted by atomic mass is 10.2. The van der Waals surface area contributed by atoms with Crippen molar-refractivity contribution in [3.63, 3.8) is 0 Å². The Kier molecular flexibility index (Phi) is 5.57. The Balaban J connectivity index is 2.04. The Bertz CT molecular complexity index is 602. The van der Waals surface area contributed by atoms with E-state index in [-0.39, 0.29) is 0 Å². The van der Waals surface area contributed by atoms with Crippen LogP contribution in [0.15, 0.2) is 39.3 Å². The van der Waals surface area contributed by atoms with E-state index < -0.39 is 0 Å². The molecule has 1 N–H and O–H groups in total. The molecule has 0 atom stereocenters. The summed E-state index contributed by atoms with van der Waals surface area (Å²) in [5, 5.41) is 3.39. The summed E-state index contributed by atoms with van der Waals surface area (Å²) in [6, 6.07) is 10.1. The van der Waals surface area contributed by atoms with Crippen LogP contribution >= 0.6 is 31.9 Å². The first-order valence-corrected chi connectivity index (χ1v) is 7.84. The average molecular weight is 400 g/mol. The van der Waals surface area contributed by atoms with Crippen LogP contribution in [0.25, 0.3) is 0 Å². The van der Waals surface area contributed by atoms with Crippen molar-refractivity contribution in [2.24, 2.45) is 0 Å². The third kappa shape index (κ3) is 4.04. The molecule has 1 heterocycles. The number of hydrogen-bond acceptors (Lipinski definition) is 3. The van der Waals surface area contributed by atoms with Crippen LogP contribution in [0, 0.1) is 6.92 Å². The molecular weight excluding hydrogens is 384 g/mol. The van der Waals surface area contributed by atoms with Crippen LogP contribution in [0.2, 0.25) is 0 Å². The lowest BCUT2D eigenvalue weighted by molar-refractivity contribution is 0.405. The molecule has 0 aliphatic rings. The second-order valence-electron chi connectivity index (χ2n) is 4.45. The van der Waals surface area contributed by atoms with Crippen LogP contribution in [0.1, 0.15) is 17.0 Å². The Hall–Kier alpha value is -0.910. The number of benzene rings is 1. The molecule has 1 aromatic carbocycles. The molecule has 106 valence electrons. The maximum atomic E-state index is 5.43. The molecule has 0 aliphatic carbocycles. The molecule has 0 aliphatic heterocycles. The van der Waals surface area contributed by atoms with E-state index in [4.69, 9.17) is 4.74 Å². The first kappa shape index (κ1) is 15.5. The number of aromatic nitrogens is 1. The molecule has 0 spiro atoms. The highest BCUT2D eigenvalue weighted by Crippen LogP contribution is 2.32. The van der Waals surface area contributed by atoms with Crippen molar-refractivity contribution in [2.45, 2.75) is 20.0 Å². The number of aryl methyl sites for hydroxylation is 1. The second-order valence-corrected chi connectivity index (χ2v) is 6.22. The number of nitrogens with zero attached hydrogens (tertiary/aromatic N) is 1. The standard InChI is InChI=1S/C15H16Br2N2O/c1-10-4-3-5-13(19-10)9-18-8-11-6-12(16)7-14(17)15(11)20-2/h3-7,18H,8-9H2,1-2H3. The van der Waals surface area contributed by atoms with Crippen LogP contribution in [0.5, 0.6) is 5.75 Å². The molecule has 0 unspecified atom stereocenters. The lowest BCUT2D eigenvalue weighted by Gasteiger charge is -2.12. The van der Waals surface area contributed by atoms with E-state index in [1.54, 1.807) is 7.11 Å². The quantitative estimate of drug-likeness (QED) is 0.817. The third-order valence-electron chi connectivity index (χ3n) is 2.86. The molecule has 2 rings (SSSR count). The fourth-order valence-electron chi connectivity index (χ4n) is 2.00. The number of methoxy groups -OCH3 is 1. The maximum absolute atomic E-state index is 5.43. The highest BCUT2D eigenvalue weighted by atomic mass is 79.9. The molecule has 0 bridgehead atoms. The van der Waals surface area contributed by atoms with E-state index >= 15 is 0 Å². The number of rotatable bonds is 5. The number of pyridine rings is 1. The predicted octanol–water partition coefficient (Wildman–Crippen LogP) is 4.21. The molecule has 20 heavy (non-hydrogen) atoms. The highest BCUT2D eigenvalue weighted by Gasteiger charge is 2.09. The van der Waals surface area contributed by atoms with Gasteiger partial charge in [-0.25, -0.2) is 0 Å². The van der Waals surface area contributed by atoms with Crippen LogP contribution in [0.4, 0.5) is 0 Å². The van der Waals surface area contributed by atoms with Gasteiger partial charge in [-0.15, -0.1) is 0 Å². The minimum atomic E-state index is 0.719. The molecule has 0 radical (unpaired) electrons. The first-order chi connectivity index (χ1) is 9.60. The lowest BCUT2D eigenvalue weighted by Crippen LogP contribution is -2.14. The summed E-state index contributed by atoms with van der Waals surface area (Å²) in [7, 11) is 1.68. The van der Waals surface area contributed by atoms with Crippen molar-refractivity contribution in [2.75, 3.05) is 7.11 Å². The summed E-state index contributed by atoms with van der Waals surface area (Å²) >= 11 is 7.01. The van der Waals surface area contributed by atoms with Crippen molar-refractivity contribution in [1.82, 2.24) is 10.3 Å². The molecule has 0 saturated carbocycles. The first-order valence-electron chi connectivity index (χ1n) is 6.25. The zero-order valence-corrected chi connectivity index (χ0v) is 14.6. The van der Waals surface area contributed by atoms with E-state index in [9.17, 15) is 0 Å². The van der Waals surface area contributed by atoms with Gasteiger partial charge in [0.25, 0.3) is 0 Å². The Morgan fingerprint density at radius 3 is 2.70 bits per heavy atom. The van der Waals surface area contributed by atoms with Gasteiger partial charge in [0.15, 0.2) is 0 Å². The number of nitrogens with one attached hydrogen (secondary N) is 1. The molecule has 3 nitrogen and oxygen atoms in total. The van der Waals surface area contributed by atoms with Crippen molar-refractivity contribution in [1.29, 1.82) is 0 Å². The van der Waals surface area contributed by atoms with E-state index in [1.165, 1.54) is 0 Å². The van der Waals surface area contributed by atoms with Gasteiger partial charge in [0, 0.05) is 28.8 Å². The molecule has 0 saturated heterocycles. The monoisotopic (exact) mass is 398 g/mol. The fraction of sp³-hybridized carbons (Fsp3) is 0.267. The van der Waals surface area contributed by atoms with Crippen LogP contribution in [-0.4, -0.2) is 12.1 Å². The van der Waals surface area contributed by atoms with E-state index in [0.29, 0.717) is 0 Å². The minimum absolute atomic E-state index is 0.719. The predicted molar refractivity (Wildman–Crippen MR) is 87.9 cm³/mol. The summed E-state index contributed by atoms with van der Waals surface area (Å²) in [5.74, 6) is 0.859. The van der Waals surface area contributed by atoms with E-state index in [1.807, 2.05) is 31.2 Å². The summed E-state index contributed by atoms with van der Waals surface area (Å²) in [6.07, 6.45) is 0. The van der Waals surface area contributed by atoms with Gasteiger partial charge < -0.3 is 10.1 Å². The van der Waals surface area contributed by atoms with Gasteiger partial charge in [-0.2, -0.15) is 0 Å². The highest BCUT2D eigenvalue weighted by molar-refractivity contribution is 9.11. The summed E-state index contributed by atoms with van der Waals surface area (Å²) in [4.78, 5) is 4.47. The number of hydrogen-bond donors (Lipinski definition) is 1. The number of halogens is 2. The Morgan fingerprint density at radius 1 is 1.20 bits per heavy atom. The fourth-order valence-corrected chi connectivity index (χ4v) is 3.47. The third-order valence-corrected chi connectivity index (χ3v) is 3.90. The van der Waals surface area contributed by atoms with Gasteiger partial charge in [-0.3, -0.25) is 4.98 Å². The minimum Gasteiger partial charge on any atom is -0.495 e. The molecule has 0 amide bonds. The van der Waals surface area contributed by atoms with Crippen molar-refractivity contribution in [3.05, 3.63) is 56.2 Å². The van der Waals surface area contributed by atoms with Crippen molar-refractivity contribution in [3.8, 4) is 5.75 Å². The molecule has 0 fully saturated rings.